The molecule has 0 spiro atoms. The van der Waals surface area contributed by atoms with Crippen LogP contribution in [0, 0.1) is 0 Å². The summed E-state index contributed by atoms with van der Waals surface area (Å²) in [5.74, 6) is 0.356. The van der Waals surface area contributed by atoms with Crippen molar-refractivity contribution in [2.45, 2.75) is 6.61 Å². The molecule has 142 valence electrons. The predicted octanol–water partition coefficient (Wildman–Crippen LogP) is 4.15. The highest BCUT2D eigenvalue weighted by atomic mass is 32.1. The molecule has 1 N–H and O–H groups in total. The molecule has 3 aromatic heterocycles. The molecule has 0 saturated heterocycles. The number of thiophene rings is 1. The lowest BCUT2D eigenvalue weighted by molar-refractivity contribution is 0.0462. The van der Waals surface area contributed by atoms with Gasteiger partial charge in [0.25, 0.3) is 5.56 Å². The third kappa shape index (κ3) is 3.19. The molecule has 0 saturated carbocycles. The molecule has 0 aliphatic rings. The molecule has 0 atom stereocenters. The van der Waals surface area contributed by atoms with Gasteiger partial charge in [0.2, 0.25) is 0 Å². The first-order valence-electron chi connectivity index (χ1n) is 8.77. The maximum Gasteiger partial charge on any atom is 0.338 e. The number of H-pyrrole nitrogens is 1. The van der Waals surface area contributed by atoms with Crippen molar-refractivity contribution in [1.82, 2.24) is 15.1 Å². The number of hydrogen-bond acceptors (Lipinski definition) is 7. The van der Waals surface area contributed by atoms with Gasteiger partial charge in [-0.1, -0.05) is 35.5 Å². The number of aromatic amines is 1. The number of esters is 1. The third-order valence-corrected chi connectivity index (χ3v) is 5.35. The van der Waals surface area contributed by atoms with Gasteiger partial charge in [0.15, 0.2) is 5.76 Å². The summed E-state index contributed by atoms with van der Waals surface area (Å²) in [6, 6.07) is 16.3. The minimum absolute atomic E-state index is 0.132. The van der Waals surface area contributed by atoms with Gasteiger partial charge in [-0.05, 0) is 29.6 Å². The highest BCUT2D eigenvalue weighted by Crippen LogP contribution is 2.29. The van der Waals surface area contributed by atoms with Crippen molar-refractivity contribution in [2.24, 2.45) is 0 Å². The van der Waals surface area contributed by atoms with Gasteiger partial charge in [-0.2, -0.15) is 0 Å². The smallest absolute Gasteiger partial charge is 0.338 e. The summed E-state index contributed by atoms with van der Waals surface area (Å²) in [7, 11) is 0. The maximum atomic E-state index is 12.5. The largest absolute Gasteiger partial charge is 0.454 e. The van der Waals surface area contributed by atoms with E-state index < -0.39 is 5.97 Å². The normalized spacial score (nSPS) is 11.2. The molecule has 5 aromatic rings. The number of aromatic nitrogens is 3. The van der Waals surface area contributed by atoms with Crippen LogP contribution in [-0.4, -0.2) is 21.1 Å². The van der Waals surface area contributed by atoms with Crippen LogP contribution >= 0.6 is 11.3 Å². The van der Waals surface area contributed by atoms with E-state index >= 15 is 0 Å². The van der Waals surface area contributed by atoms with E-state index in [0.717, 1.165) is 10.9 Å². The van der Waals surface area contributed by atoms with E-state index in [0.29, 0.717) is 32.9 Å². The SMILES string of the molecule is O=C(OCc1nc2ccsc2c(=O)[nH]1)c1ccc2noc(-c3ccccc3)c2c1. The number of ether oxygens (including phenoxy) is 1. The topological polar surface area (TPSA) is 98.1 Å². The lowest BCUT2D eigenvalue weighted by Crippen LogP contribution is -2.13. The number of rotatable bonds is 4. The van der Waals surface area contributed by atoms with Crippen LogP contribution in [0.15, 0.2) is 69.3 Å². The summed E-state index contributed by atoms with van der Waals surface area (Å²) in [6.45, 7) is -0.132. The Balaban J connectivity index is 1.41. The van der Waals surface area contributed by atoms with Gasteiger partial charge >= 0.3 is 5.97 Å². The Morgan fingerprint density at radius 2 is 1.97 bits per heavy atom. The Labute approximate surface area is 167 Å². The van der Waals surface area contributed by atoms with Crippen LogP contribution in [0.3, 0.4) is 0 Å². The molecule has 29 heavy (non-hydrogen) atoms. The van der Waals surface area contributed by atoms with Crippen LogP contribution in [-0.2, 0) is 11.3 Å². The van der Waals surface area contributed by atoms with Crippen molar-refractivity contribution in [3.63, 3.8) is 0 Å². The second-order valence-corrected chi connectivity index (χ2v) is 7.25. The standard InChI is InChI=1S/C21H13N3O4S/c25-20-19-16(8-9-29-19)22-17(23-20)11-27-21(26)13-6-7-15-14(10-13)18(28-24-15)12-4-2-1-3-5-12/h1-10H,11H2,(H,22,23,25). The van der Waals surface area contributed by atoms with Gasteiger partial charge in [-0.15, -0.1) is 11.3 Å². The fourth-order valence-electron chi connectivity index (χ4n) is 3.07. The Hall–Kier alpha value is -3.78. The van der Waals surface area contributed by atoms with Gasteiger partial charge in [0, 0.05) is 5.56 Å². The Morgan fingerprint density at radius 1 is 1.10 bits per heavy atom. The molecule has 0 aliphatic carbocycles. The van der Waals surface area contributed by atoms with E-state index in [2.05, 4.69) is 15.1 Å². The van der Waals surface area contributed by atoms with E-state index in [1.54, 1.807) is 29.6 Å². The summed E-state index contributed by atoms with van der Waals surface area (Å²) >= 11 is 1.32. The molecular weight excluding hydrogens is 390 g/mol. The van der Waals surface area contributed by atoms with Gasteiger partial charge in [0.05, 0.1) is 16.5 Å². The Morgan fingerprint density at radius 3 is 2.83 bits per heavy atom. The zero-order valence-corrected chi connectivity index (χ0v) is 15.7. The highest BCUT2D eigenvalue weighted by Gasteiger charge is 2.15. The van der Waals surface area contributed by atoms with E-state index in [4.69, 9.17) is 9.26 Å². The van der Waals surface area contributed by atoms with Crippen molar-refractivity contribution in [3.8, 4) is 11.3 Å². The first-order valence-corrected chi connectivity index (χ1v) is 9.65. The molecular formula is C21H13N3O4S. The molecule has 0 radical (unpaired) electrons. The number of benzene rings is 2. The van der Waals surface area contributed by atoms with Gasteiger partial charge in [0.1, 0.15) is 22.6 Å². The van der Waals surface area contributed by atoms with Crippen LogP contribution in [0.1, 0.15) is 16.2 Å². The first kappa shape index (κ1) is 17.3. The minimum Gasteiger partial charge on any atom is -0.454 e. The summed E-state index contributed by atoms with van der Waals surface area (Å²) in [6.07, 6.45) is 0. The van der Waals surface area contributed by atoms with E-state index in [1.165, 1.54) is 11.3 Å². The Kier molecular flexibility index (Phi) is 4.18. The number of carbonyl (C=O) groups is 1. The van der Waals surface area contributed by atoms with Crippen LogP contribution in [0.4, 0.5) is 0 Å². The van der Waals surface area contributed by atoms with Crippen molar-refractivity contribution in [1.29, 1.82) is 0 Å². The third-order valence-electron chi connectivity index (χ3n) is 4.45. The van der Waals surface area contributed by atoms with E-state index in [9.17, 15) is 9.59 Å². The number of nitrogens with one attached hydrogen (secondary N) is 1. The summed E-state index contributed by atoms with van der Waals surface area (Å²) in [4.78, 5) is 31.5. The molecule has 5 rings (SSSR count). The number of nitrogens with zero attached hydrogens (tertiary/aromatic N) is 2. The molecule has 0 aliphatic heterocycles. The van der Waals surface area contributed by atoms with Crippen LogP contribution in [0.5, 0.6) is 0 Å². The summed E-state index contributed by atoms with van der Waals surface area (Å²) < 4.78 is 11.4. The monoisotopic (exact) mass is 403 g/mol. The van der Waals surface area contributed by atoms with Crippen molar-refractivity contribution >= 4 is 38.4 Å². The summed E-state index contributed by atoms with van der Waals surface area (Å²) in [5.41, 5.74) is 2.22. The van der Waals surface area contributed by atoms with Crippen molar-refractivity contribution in [3.05, 3.63) is 81.7 Å². The van der Waals surface area contributed by atoms with E-state index in [-0.39, 0.29) is 12.2 Å². The second kappa shape index (κ2) is 6.99. The first-order chi connectivity index (χ1) is 14.2. The fraction of sp³-hybridized carbons (Fsp3) is 0.0476. The minimum atomic E-state index is -0.528. The van der Waals surface area contributed by atoms with Gasteiger partial charge in [-0.3, -0.25) is 4.79 Å². The number of hydrogen-bond donors (Lipinski definition) is 1. The van der Waals surface area contributed by atoms with Crippen molar-refractivity contribution < 1.29 is 14.1 Å². The number of carbonyl (C=O) groups excluding carboxylic acids is 1. The molecule has 3 heterocycles. The molecule has 0 bridgehead atoms. The van der Waals surface area contributed by atoms with Crippen molar-refractivity contribution in [2.75, 3.05) is 0 Å². The zero-order chi connectivity index (χ0) is 19.8. The average molecular weight is 403 g/mol. The lowest BCUT2D eigenvalue weighted by atomic mass is 10.1. The Bertz CT molecular complexity index is 1400. The fourth-order valence-corrected chi connectivity index (χ4v) is 3.80. The average Bonchev–Trinajstić information content (AvgIpc) is 3.39. The molecule has 0 amide bonds. The molecule has 2 aromatic carbocycles. The zero-order valence-electron chi connectivity index (χ0n) is 14.9. The molecule has 8 heteroatoms. The lowest BCUT2D eigenvalue weighted by Gasteiger charge is -2.05. The van der Waals surface area contributed by atoms with Crippen LogP contribution in [0.2, 0.25) is 0 Å². The van der Waals surface area contributed by atoms with Gasteiger partial charge in [-0.25, -0.2) is 9.78 Å². The maximum absolute atomic E-state index is 12.5. The molecule has 0 fully saturated rings. The number of fused-ring (bicyclic) bond motifs is 2. The highest BCUT2D eigenvalue weighted by molar-refractivity contribution is 7.17. The predicted molar refractivity (Wildman–Crippen MR) is 109 cm³/mol. The quantitative estimate of drug-likeness (QED) is 0.453. The van der Waals surface area contributed by atoms with Gasteiger partial charge < -0.3 is 14.2 Å². The van der Waals surface area contributed by atoms with Crippen LogP contribution in [0.25, 0.3) is 32.4 Å². The molecule has 7 nitrogen and oxygen atoms in total. The summed E-state index contributed by atoms with van der Waals surface area (Å²) in [5, 5.41) is 6.56. The second-order valence-electron chi connectivity index (χ2n) is 6.33. The molecule has 0 unspecified atom stereocenters. The van der Waals surface area contributed by atoms with E-state index in [1.807, 2.05) is 30.3 Å². The van der Waals surface area contributed by atoms with Crippen LogP contribution < -0.4 is 5.56 Å².